The van der Waals surface area contributed by atoms with Gasteiger partial charge in [-0.1, -0.05) is 18.2 Å². The van der Waals surface area contributed by atoms with Gasteiger partial charge in [0.2, 0.25) is 0 Å². The van der Waals surface area contributed by atoms with Crippen LogP contribution in [0.15, 0.2) is 30.5 Å². The molecule has 3 heterocycles. The van der Waals surface area contributed by atoms with Crippen molar-refractivity contribution in [1.29, 1.82) is 0 Å². The van der Waals surface area contributed by atoms with Gasteiger partial charge in [-0.05, 0) is 25.8 Å². The first-order chi connectivity index (χ1) is 11.7. The van der Waals surface area contributed by atoms with Gasteiger partial charge in [0, 0.05) is 37.8 Å². The van der Waals surface area contributed by atoms with Crippen molar-refractivity contribution in [3.05, 3.63) is 36.0 Å². The van der Waals surface area contributed by atoms with E-state index >= 15 is 0 Å². The molecule has 24 heavy (non-hydrogen) atoms. The Labute approximate surface area is 142 Å². The molecule has 2 aliphatic heterocycles. The Morgan fingerprint density at radius 3 is 2.79 bits per heavy atom. The number of aromatic nitrogens is 1. The zero-order valence-electron chi connectivity index (χ0n) is 14.1. The summed E-state index contributed by atoms with van der Waals surface area (Å²) in [5.74, 6) is 0.0744. The van der Waals surface area contributed by atoms with E-state index in [4.69, 9.17) is 4.74 Å². The van der Waals surface area contributed by atoms with Crippen LogP contribution in [0.25, 0.3) is 10.9 Å². The number of morpholine rings is 1. The number of para-hydroxylation sites is 1. The molecule has 4 rings (SSSR count). The zero-order chi connectivity index (χ0) is 16.5. The van der Waals surface area contributed by atoms with Crippen molar-refractivity contribution in [2.75, 3.05) is 37.7 Å². The molecule has 2 fully saturated rings. The van der Waals surface area contributed by atoms with E-state index in [-0.39, 0.29) is 12.0 Å². The lowest BCUT2D eigenvalue weighted by Crippen LogP contribution is -2.45. The molecule has 0 spiro atoms. The van der Waals surface area contributed by atoms with Crippen LogP contribution >= 0.6 is 0 Å². The summed E-state index contributed by atoms with van der Waals surface area (Å²) >= 11 is 0. The van der Waals surface area contributed by atoms with Crippen molar-refractivity contribution in [2.24, 2.45) is 0 Å². The fourth-order valence-electron chi connectivity index (χ4n) is 3.74. The molecule has 5 heteroatoms. The highest BCUT2D eigenvalue weighted by atomic mass is 16.5. The number of pyridine rings is 1. The van der Waals surface area contributed by atoms with Crippen LogP contribution in [0, 0.1) is 0 Å². The van der Waals surface area contributed by atoms with E-state index in [0.29, 0.717) is 19.7 Å². The second-order valence-electron chi connectivity index (χ2n) is 6.66. The molecule has 1 unspecified atom stereocenters. The molecule has 1 aromatic heterocycles. The molecule has 0 radical (unpaired) electrons. The molecule has 0 aliphatic carbocycles. The molecular weight excluding hydrogens is 302 g/mol. The molecule has 0 saturated carbocycles. The molecule has 2 aliphatic rings. The topological polar surface area (TPSA) is 45.7 Å². The molecule has 1 amide bonds. The zero-order valence-corrected chi connectivity index (χ0v) is 14.1. The Morgan fingerprint density at radius 1 is 1.21 bits per heavy atom. The Hall–Kier alpha value is -2.14. The van der Waals surface area contributed by atoms with E-state index in [0.717, 1.165) is 35.2 Å². The Balaban J connectivity index is 1.79. The van der Waals surface area contributed by atoms with Gasteiger partial charge in [0.25, 0.3) is 5.91 Å². The summed E-state index contributed by atoms with van der Waals surface area (Å²) in [6, 6.07) is 8.11. The minimum atomic E-state index is 0.0744. The van der Waals surface area contributed by atoms with Gasteiger partial charge < -0.3 is 14.5 Å². The van der Waals surface area contributed by atoms with E-state index in [1.807, 2.05) is 30.0 Å². The van der Waals surface area contributed by atoms with Gasteiger partial charge in [0.15, 0.2) is 0 Å². The van der Waals surface area contributed by atoms with Crippen molar-refractivity contribution in [3.63, 3.8) is 0 Å². The molecule has 0 bridgehead atoms. The van der Waals surface area contributed by atoms with Gasteiger partial charge >= 0.3 is 0 Å². The van der Waals surface area contributed by atoms with Crippen LogP contribution in [0.5, 0.6) is 0 Å². The van der Waals surface area contributed by atoms with Crippen molar-refractivity contribution in [2.45, 2.75) is 25.9 Å². The van der Waals surface area contributed by atoms with E-state index < -0.39 is 0 Å². The van der Waals surface area contributed by atoms with E-state index in [1.165, 1.54) is 12.8 Å². The highest BCUT2D eigenvalue weighted by Crippen LogP contribution is 2.33. The van der Waals surface area contributed by atoms with Crippen LogP contribution < -0.4 is 4.90 Å². The van der Waals surface area contributed by atoms with Gasteiger partial charge in [0.1, 0.15) is 0 Å². The minimum Gasteiger partial charge on any atom is -0.375 e. The lowest BCUT2D eigenvalue weighted by atomic mass is 10.1. The molecule has 126 valence electrons. The first kappa shape index (κ1) is 15.4. The number of fused-ring (bicyclic) bond motifs is 1. The second kappa shape index (κ2) is 6.40. The third-order valence-corrected chi connectivity index (χ3v) is 4.93. The highest BCUT2D eigenvalue weighted by molar-refractivity contribution is 6.07. The summed E-state index contributed by atoms with van der Waals surface area (Å²) in [6.07, 6.45) is 4.21. The number of rotatable bonds is 2. The Kier molecular flexibility index (Phi) is 4.10. The van der Waals surface area contributed by atoms with Crippen LogP contribution in [-0.4, -0.2) is 54.7 Å². The number of anilines is 1. The van der Waals surface area contributed by atoms with Gasteiger partial charge in [-0.2, -0.15) is 0 Å². The van der Waals surface area contributed by atoms with Gasteiger partial charge in [-0.15, -0.1) is 0 Å². The smallest absolute Gasteiger partial charge is 0.257 e. The predicted molar refractivity (Wildman–Crippen MR) is 94.5 cm³/mol. The number of carbonyl (C=O) groups is 1. The first-order valence-corrected chi connectivity index (χ1v) is 8.77. The second-order valence-corrected chi connectivity index (χ2v) is 6.66. The predicted octanol–water partition coefficient (Wildman–Crippen LogP) is 2.70. The van der Waals surface area contributed by atoms with Crippen LogP contribution in [-0.2, 0) is 4.74 Å². The van der Waals surface area contributed by atoms with Crippen LogP contribution in [0.4, 0.5) is 5.69 Å². The third-order valence-electron chi connectivity index (χ3n) is 4.93. The third kappa shape index (κ3) is 2.73. The number of benzene rings is 1. The van der Waals surface area contributed by atoms with E-state index in [1.54, 1.807) is 6.20 Å². The van der Waals surface area contributed by atoms with Crippen molar-refractivity contribution < 1.29 is 9.53 Å². The molecule has 5 nitrogen and oxygen atoms in total. The maximum atomic E-state index is 13.2. The van der Waals surface area contributed by atoms with E-state index in [2.05, 4.69) is 16.0 Å². The average molecular weight is 325 g/mol. The maximum absolute atomic E-state index is 13.2. The fraction of sp³-hybridized carbons (Fsp3) is 0.474. The Bertz CT molecular complexity index is 755. The monoisotopic (exact) mass is 325 g/mol. The quantitative estimate of drug-likeness (QED) is 0.852. The summed E-state index contributed by atoms with van der Waals surface area (Å²) < 4.78 is 5.57. The van der Waals surface area contributed by atoms with Crippen LogP contribution in [0.3, 0.4) is 0 Å². The molecule has 2 saturated heterocycles. The number of ether oxygens (including phenoxy) is 1. The molecule has 1 atom stereocenters. The minimum absolute atomic E-state index is 0.0744. The summed E-state index contributed by atoms with van der Waals surface area (Å²) in [7, 11) is 0. The summed E-state index contributed by atoms with van der Waals surface area (Å²) in [5, 5.41) is 1.08. The summed E-state index contributed by atoms with van der Waals surface area (Å²) in [6.45, 7) is 5.93. The lowest BCUT2D eigenvalue weighted by molar-refractivity contribution is -0.0124. The number of carbonyl (C=O) groups excluding carboxylic acids is 1. The first-order valence-electron chi connectivity index (χ1n) is 8.77. The standard InChI is InChI=1S/C19H23N3O2/c1-14-13-22(10-11-24-14)19(23)16-12-20-17-7-3-2-6-15(17)18(16)21-8-4-5-9-21/h2-3,6-7,12,14H,4-5,8-11,13H2,1H3. The normalized spacial score (nSPS) is 21.5. The van der Waals surface area contributed by atoms with Crippen molar-refractivity contribution >= 4 is 22.5 Å². The van der Waals surface area contributed by atoms with Gasteiger partial charge in [0.05, 0.1) is 29.5 Å². The fourth-order valence-corrected chi connectivity index (χ4v) is 3.74. The van der Waals surface area contributed by atoms with Crippen LogP contribution in [0.2, 0.25) is 0 Å². The highest BCUT2D eigenvalue weighted by Gasteiger charge is 2.28. The molecule has 1 aromatic carbocycles. The van der Waals surface area contributed by atoms with Crippen molar-refractivity contribution in [3.8, 4) is 0 Å². The largest absolute Gasteiger partial charge is 0.375 e. The van der Waals surface area contributed by atoms with Gasteiger partial charge in [-0.3, -0.25) is 9.78 Å². The van der Waals surface area contributed by atoms with E-state index in [9.17, 15) is 4.79 Å². The SMILES string of the molecule is CC1CN(C(=O)c2cnc3ccccc3c2N2CCCC2)CCO1. The lowest BCUT2D eigenvalue weighted by Gasteiger charge is -2.32. The molecule has 2 aromatic rings. The van der Waals surface area contributed by atoms with Crippen molar-refractivity contribution in [1.82, 2.24) is 9.88 Å². The number of hydrogen-bond acceptors (Lipinski definition) is 4. The average Bonchev–Trinajstić information content (AvgIpc) is 3.14. The number of hydrogen-bond donors (Lipinski definition) is 0. The summed E-state index contributed by atoms with van der Waals surface area (Å²) in [4.78, 5) is 22.0. The maximum Gasteiger partial charge on any atom is 0.257 e. The summed E-state index contributed by atoms with van der Waals surface area (Å²) in [5.41, 5.74) is 2.73. The molecular formula is C19H23N3O2. The van der Waals surface area contributed by atoms with Gasteiger partial charge in [-0.25, -0.2) is 0 Å². The molecule has 0 N–H and O–H groups in total. The number of amides is 1. The van der Waals surface area contributed by atoms with Crippen LogP contribution in [0.1, 0.15) is 30.1 Å². The number of nitrogens with zero attached hydrogens (tertiary/aromatic N) is 3. The Morgan fingerprint density at radius 2 is 2.00 bits per heavy atom.